The maximum Gasteiger partial charge on any atom is 0.358 e. The van der Waals surface area contributed by atoms with Crippen LogP contribution in [0.1, 0.15) is 18.1 Å². The summed E-state index contributed by atoms with van der Waals surface area (Å²) in [6, 6.07) is 18.3. The highest BCUT2D eigenvalue weighted by Gasteiger charge is 2.32. The third-order valence-corrected chi connectivity index (χ3v) is 3.79. The molecule has 112 valence electrons. The second-order valence-electron chi connectivity index (χ2n) is 5.34. The molecule has 1 aliphatic rings. The first-order valence-corrected chi connectivity index (χ1v) is 7.57. The molecule has 0 saturated heterocycles. The molecule has 1 aliphatic heterocycles. The monoisotopic (exact) mass is 294 g/mol. The summed E-state index contributed by atoms with van der Waals surface area (Å²) in [7, 11) is 0. The topological polar surface area (TPSA) is 46.3 Å². The fraction of sp³-hybridized carbons (Fsp3) is 0.222. The third-order valence-electron chi connectivity index (χ3n) is 3.79. The Morgan fingerprint density at radius 1 is 1.05 bits per heavy atom. The van der Waals surface area contributed by atoms with Gasteiger partial charge in [-0.2, -0.15) is 4.90 Å². The van der Waals surface area contributed by atoms with E-state index < -0.39 is 0 Å². The molecule has 0 aliphatic carbocycles. The molecule has 2 aromatic rings. The van der Waals surface area contributed by atoms with Crippen molar-refractivity contribution in [2.45, 2.75) is 19.9 Å². The number of carbonyl (C=O) groups excluding carboxylic acids is 1. The molecule has 1 heterocycles. The van der Waals surface area contributed by atoms with Crippen LogP contribution in [0.3, 0.4) is 0 Å². The van der Waals surface area contributed by atoms with E-state index in [0.29, 0.717) is 13.1 Å². The van der Waals surface area contributed by atoms with Crippen LogP contribution >= 0.6 is 0 Å². The zero-order valence-corrected chi connectivity index (χ0v) is 12.7. The van der Waals surface area contributed by atoms with E-state index in [1.54, 1.807) is 4.90 Å². The number of hydrogen-bond acceptors (Lipinski definition) is 2. The molecule has 0 radical (unpaired) electrons. The van der Waals surface area contributed by atoms with E-state index in [1.807, 2.05) is 42.5 Å². The maximum atomic E-state index is 12.1. The molecule has 0 bridgehead atoms. The van der Waals surface area contributed by atoms with E-state index in [2.05, 4.69) is 29.4 Å². The lowest BCUT2D eigenvalue weighted by atomic mass is 10.1. The van der Waals surface area contributed by atoms with Crippen molar-refractivity contribution in [3.8, 4) is 0 Å². The Hall–Kier alpha value is -2.62. The molecule has 3 rings (SSSR count). The van der Waals surface area contributed by atoms with Crippen LogP contribution < -0.4 is 10.3 Å². The molecular weight excluding hydrogens is 274 g/mol. The van der Waals surface area contributed by atoms with Gasteiger partial charge in [-0.05, 0) is 29.7 Å². The van der Waals surface area contributed by atoms with Gasteiger partial charge in [0.2, 0.25) is 0 Å². The highest BCUT2D eigenvalue weighted by atomic mass is 16.2. The van der Waals surface area contributed by atoms with E-state index in [-0.39, 0.29) is 5.91 Å². The zero-order valence-electron chi connectivity index (χ0n) is 12.7. The Morgan fingerprint density at radius 3 is 2.45 bits per heavy atom. The molecule has 0 fully saturated rings. The normalized spacial score (nSPS) is 14.1. The molecule has 2 aromatic carbocycles. The first-order chi connectivity index (χ1) is 10.8. The van der Waals surface area contributed by atoms with Gasteiger partial charge >= 0.3 is 11.9 Å². The molecule has 2 N–H and O–H groups in total. The minimum Gasteiger partial charge on any atom is -0.266 e. The Morgan fingerprint density at radius 2 is 1.77 bits per heavy atom. The van der Waals surface area contributed by atoms with Gasteiger partial charge in [-0.3, -0.25) is 9.79 Å². The van der Waals surface area contributed by atoms with Gasteiger partial charge in [0, 0.05) is 0 Å². The lowest BCUT2D eigenvalue weighted by molar-refractivity contribution is -0.438. The summed E-state index contributed by atoms with van der Waals surface area (Å²) < 4.78 is 0. The van der Waals surface area contributed by atoms with Crippen LogP contribution in [-0.2, 0) is 17.8 Å². The number of benzene rings is 2. The predicted octanol–water partition coefficient (Wildman–Crippen LogP) is 1.14. The number of anilines is 1. The summed E-state index contributed by atoms with van der Waals surface area (Å²) in [5, 5.41) is 3.30. The number of hydrogen-bond donors (Lipinski definition) is 2. The number of aryl methyl sites for hydroxylation is 1. The van der Waals surface area contributed by atoms with E-state index in [1.165, 1.54) is 5.56 Å². The number of rotatable bonds is 4. The van der Waals surface area contributed by atoms with Gasteiger partial charge < -0.3 is 0 Å². The number of nitrogens with one attached hydrogen (secondary N) is 2. The fourth-order valence-electron chi connectivity index (χ4n) is 2.48. The van der Waals surface area contributed by atoms with Gasteiger partial charge in [0.15, 0.2) is 6.54 Å². The summed E-state index contributed by atoms with van der Waals surface area (Å²) in [4.78, 5) is 17.0. The van der Waals surface area contributed by atoms with Crippen molar-refractivity contribution >= 4 is 17.6 Å². The second kappa shape index (κ2) is 6.43. The molecular formula is C18H20N3O+. The second-order valence-corrected chi connectivity index (χ2v) is 5.34. The van der Waals surface area contributed by atoms with Crippen molar-refractivity contribution in [2.24, 2.45) is 0 Å². The fourth-order valence-corrected chi connectivity index (χ4v) is 2.48. The van der Waals surface area contributed by atoms with Crippen molar-refractivity contribution in [2.75, 3.05) is 11.9 Å². The van der Waals surface area contributed by atoms with Crippen molar-refractivity contribution < 1.29 is 9.79 Å². The van der Waals surface area contributed by atoms with E-state index in [0.717, 1.165) is 23.6 Å². The molecule has 0 spiro atoms. The maximum absolute atomic E-state index is 12.1. The molecule has 1 amide bonds. The largest absolute Gasteiger partial charge is 0.358 e. The van der Waals surface area contributed by atoms with Gasteiger partial charge in [-0.15, -0.1) is 0 Å². The quantitative estimate of drug-likeness (QED) is 0.888. The van der Waals surface area contributed by atoms with Crippen LogP contribution in [0.25, 0.3) is 0 Å². The van der Waals surface area contributed by atoms with Gasteiger partial charge in [-0.1, -0.05) is 49.4 Å². The van der Waals surface area contributed by atoms with Gasteiger partial charge in [0.05, 0.1) is 5.69 Å². The molecule has 0 unspecified atom stereocenters. The smallest absolute Gasteiger partial charge is 0.266 e. The Bertz CT molecular complexity index is 677. The van der Waals surface area contributed by atoms with Crippen LogP contribution in [0.5, 0.6) is 0 Å². The molecule has 4 heteroatoms. The molecule has 22 heavy (non-hydrogen) atoms. The average Bonchev–Trinajstić information content (AvgIpc) is 2.90. The summed E-state index contributed by atoms with van der Waals surface area (Å²) in [5.41, 5.74) is 3.39. The van der Waals surface area contributed by atoms with Crippen molar-refractivity contribution in [3.05, 3.63) is 65.7 Å². The van der Waals surface area contributed by atoms with Gasteiger partial charge in [0.25, 0.3) is 0 Å². The summed E-state index contributed by atoms with van der Waals surface area (Å²) in [5.74, 6) is 0.828. The van der Waals surface area contributed by atoms with Crippen LogP contribution in [0.15, 0.2) is 54.6 Å². The first kappa shape index (κ1) is 14.3. The van der Waals surface area contributed by atoms with Crippen LogP contribution in [0, 0.1) is 0 Å². The molecule has 0 saturated carbocycles. The molecule has 0 atom stereocenters. The Kier molecular flexibility index (Phi) is 4.19. The minimum atomic E-state index is 0.0801. The summed E-state index contributed by atoms with van der Waals surface area (Å²) in [6.07, 6.45) is 1.02. The summed E-state index contributed by atoms with van der Waals surface area (Å²) in [6.45, 7) is 3.04. The van der Waals surface area contributed by atoms with Crippen LogP contribution in [-0.4, -0.2) is 23.3 Å². The lowest BCUT2D eigenvalue weighted by Crippen LogP contribution is -2.72. The standard InChI is InChI=1S/C18H19N3O/c1-2-14-8-10-16(11-9-14)20-18-19-12-17(22)21(18)13-15-6-4-3-5-7-15/h3-11H,2,12-13H2,1H3,(H,19,20)/p+1. The highest BCUT2D eigenvalue weighted by Crippen LogP contribution is 2.12. The third kappa shape index (κ3) is 3.17. The lowest BCUT2D eigenvalue weighted by Gasteiger charge is -2.12. The molecule has 0 aromatic heterocycles. The number of amides is 1. The SMILES string of the molecule is CCc1ccc(NC2=[NH+]CC(=O)N2Cc2ccccc2)cc1. The van der Waals surface area contributed by atoms with Gasteiger partial charge in [-0.25, -0.2) is 5.32 Å². The Labute approximate surface area is 130 Å². The van der Waals surface area contributed by atoms with Gasteiger partial charge in [0.1, 0.15) is 6.54 Å². The highest BCUT2D eigenvalue weighted by molar-refractivity contribution is 6.03. The predicted molar refractivity (Wildman–Crippen MR) is 87.3 cm³/mol. The molecule has 4 nitrogen and oxygen atoms in total. The van der Waals surface area contributed by atoms with Crippen molar-refractivity contribution in [1.29, 1.82) is 0 Å². The minimum absolute atomic E-state index is 0.0801. The average molecular weight is 294 g/mol. The Balaban J connectivity index is 1.72. The zero-order chi connectivity index (χ0) is 15.4. The van der Waals surface area contributed by atoms with Crippen molar-refractivity contribution in [3.63, 3.8) is 0 Å². The first-order valence-electron chi connectivity index (χ1n) is 7.57. The van der Waals surface area contributed by atoms with Crippen LogP contribution in [0.4, 0.5) is 5.69 Å². The number of nitrogens with zero attached hydrogens (tertiary/aromatic N) is 1. The van der Waals surface area contributed by atoms with Crippen LogP contribution in [0.2, 0.25) is 0 Å². The van der Waals surface area contributed by atoms with E-state index >= 15 is 0 Å². The van der Waals surface area contributed by atoms with E-state index in [4.69, 9.17) is 0 Å². The van der Waals surface area contributed by atoms with E-state index in [9.17, 15) is 4.79 Å². The number of guanidine groups is 1. The summed E-state index contributed by atoms with van der Waals surface area (Å²) >= 11 is 0. The number of carbonyl (C=O) groups is 1. The van der Waals surface area contributed by atoms with Crippen molar-refractivity contribution in [1.82, 2.24) is 4.90 Å².